The van der Waals surface area contributed by atoms with Gasteiger partial charge in [0.15, 0.2) is 0 Å². The molecule has 3 aromatic rings. The number of aromatic nitrogens is 2. The summed E-state index contributed by atoms with van der Waals surface area (Å²) in [6.07, 6.45) is 0.593. The number of nitrogens with zero attached hydrogens (tertiary/aromatic N) is 2. The van der Waals surface area contributed by atoms with E-state index in [0.29, 0.717) is 21.7 Å². The van der Waals surface area contributed by atoms with E-state index in [1.54, 1.807) is 18.2 Å². The highest BCUT2D eigenvalue weighted by Gasteiger charge is 2.10. The summed E-state index contributed by atoms with van der Waals surface area (Å²) in [5.41, 5.74) is 1.47. The van der Waals surface area contributed by atoms with Gasteiger partial charge in [-0.15, -0.1) is 0 Å². The number of fused-ring (bicyclic) bond motifs is 1. The number of aryl methyl sites for hydroxylation is 1. The van der Waals surface area contributed by atoms with Gasteiger partial charge in [0.25, 0.3) is 5.56 Å². The van der Waals surface area contributed by atoms with Gasteiger partial charge < -0.3 is 9.84 Å². The van der Waals surface area contributed by atoms with Gasteiger partial charge in [0.2, 0.25) is 0 Å². The normalized spacial score (nSPS) is 12.3. The fourth-order valence-electron chi connectivity index (χ4n) is 2.37. The van der Waals surface area contributed by atoms with Crippen LogP contribution in [0.25, 0.3) is 10.9 Å². The Balaban J connectivity index is 1.71. The van der Waals surface area contributed by atoms with Crippen LogP contribution in [0, 0.1) is 6.92 Å². The average Bonchev–Trinajstić information content (AvgIpc) is 2.57. The average molecular weight is 345 g/mol. The molecule has 5 nitrogen and oxygen atoms in total. The topological polar surface area (TPSA) is 64.3 Å². The molecule has 124 valence electrons. The second-order valence-electron chi connectivity index (χ2n) is 5.64. The lowest BCUT2D eigenvalue weighted by Crippen LogP contribution is -2.30. The number of benzene rings is 2. The number of rotatable bonds is 5. The third-order valence-corrected chi connectivity index (χ3v) is 3.89. The lowest BCUT2D eigenvalue weighted by Gasteiger charge is -2.14. The Kier molecular flexibility index (Phi) is 4.83. The van der Waals surface area contributed by atoms with Crippen molar-refractivity contribution >= 4 is 22.5 Å². The standard InChI is InChI=1S/C18H17ClN2O3/c1-12-2-5-15(6-3-12)24-10-14(22)9-21-11-20-17-7-4-13(19)8-16(17)18(21)23/h2-8,11,14,22H,9-10H2,1H3. The van der Waals surface area contributed by atoms with Crippen LogP contribution in [0.1, 0.15) is 5.56 Å². The molecule has 6 heteroatoms. The number of aliphatic hydroxyl groups is 1. The largest absolute Gasteiger partial charge is 0.491 e. The molecule has 0 aliphatic rings. The summed E-state index contributed by atoms with van der Waals surface area (Å²) in [5, 5.41) is 11.0. The van der Waals surface area contributed by atoms with Gasteiger partial charge in [0.05, 0.1) is 23.8 Å². The molecule has 1 atom stereocenters. The lowest BCUT2D eigenvalue weighted by atomic mass is 10.2. The molecule has 0 aliphatic heterocycles. The Hall–Kier alpha value is -2.37. The zero-order valence-electron chi connectivity index (χ0n) is 13.1. The van der Waals surface area contributed by atoms with Gasteiger partial charge in [0.1, 0.15) is 18.5 Å². The molecule has 0 spiro atoms. The van der Waals surface area contributed by atoms with Crippen molar-refractivity contribution in [2.75, 3.05) is 6.61 Å². The summed E-state index contributed by atoms with van der Waals surface area (Å²) in [4.78, 5) is 16.7. The predicted octanol–water partition coefficient (Wildman–Crippen LogP) is 2.80. The van der Waals surface area contributed by atoms with Crippen molar-refractivity contribution in [3.05, 3.63) is 69.7 Å². The zero-order valence-corrected chi connectivity index (χ0v) is 13.9. The van der Waals surface area contributed by atoms with E-state index in [2.05, 4.69) is 4.98 Å². The summed E-state index contributed by atoms with van der Waals surface area (Å²) in [6, 6.07) is 12.5. The summed E-state index contributed by atoms with van der Waals surface area (Å²) < 4.78 is 6.90. The lowest BCUT2D eigenvalue weighted by molar-refractivity contribution is 0.0915. The molecule has 0 bridgehead atoms. The van der Waals surface area contributed by atoms with Crippen molar-refractivity contribution < 1.29 is 9.84 Å². The fraction of sp³-hybridized carbons (Fsp3) is 0.222. The molecule has 2 aromatic carbocycles. The van der Waals surface area contributed by atoms with Crippen molar-refractivity contribution in [1.82, 2.24) is 9.55 Å². The molecule has 1 N–H and O–H groups in total. The van der Waals surface area contributed by atoms with Crippen LogP contribution in [-0.4, -0.2) is 27.4 Å². The number of halogens is 1. The van der Waals surface area contributed by atoms with E-state index in [1.165, 1.54) is 10.9 Å². The first-order chi connectivity index (χ1) is 11.5. The van der Waals surface area contributed by atoms with Crippen molar-refractivity contribution in [3.8, 4) is 5.75 Å². The second-order valence-corrected chi connectivity index (χ2v) is 6.08. The third-order valence-electron chi connectivity index (χ3n) is 3.66. The van der Waals surface area contributed by atoms with Gasteiger partial charge in [-0.1, -0.05) is 29.3 Å². The van der Waals surface area contributed by atoms with Crippen LogP contribution in [0.15, 0.2) is 53.6 Å². The van der Waals surface area contributed by atoms with E-state index in [-0.39, 0.29) is 18.7 Å². The molecule has 3 rings (SSSR count). The Morgan fingerprint density at radius 1 is 1.25 bits per heavy atom. The highest BCUT2D eigenvalue weighted by Crippen LogP contribution is 2.14. The maximum Gasteiger partial charge on any atom is 0.261 e. The first kappa shape index (κ1) is 16.5. The van der Waals surface area contributed by atoms with Gasteiger partial charge in [-0.2, -0.15) is 0 Å². The fourth-order valence-corrected chi connectivity index (χ4v) is 2.54. The Bertz CT molecular complexity index is 906. The number of aliphatic hydroxyl groups excluding tert-OH is 1. The molecule has 0 aliphatic carbocycles. The minimum Gasteiger partial charge on any atom is -0.491 e. The van der Waals surface area contributed by atoms with E-state index in [1.807, 2.05) is 31.2 Å². The van der Waals surface area contributed by atoms with Gasteiger partial charge in [-0.25, -0.2) is 4.98 Å². The van der Waals surface area contributed by atoms with Crippen molar-refractivity contribution in [2.45, 2.75) is 19.6 Å². The SMILES string of the molecule is Cc1ccc(OCC(O)Cn2cnc3ccc(Cl)cc3c2=O)cc1. The van der Waals surface area contributed by atoms with Crippen LogP contribution < -0.4 is 10.3 Å². The molecule has 0 amide bonds. The molecular weight excluding hydrogens is 328 g/mol. The maximum absolute atomic E-state index is 12.4. The Morgan fingerprint density at radius 3 is 2.75 bits per heavy atom. The zero-order chi connectivity index (χ0) is 17.1. The van der Waals surface area contributed by atoms with E-state index in [0.717, 1.165) is 5.56 Å². The molecule has 1 unspecified atom stereocenters. The molecular formula is C18H17ClN2O3. The van der Waals surface area contributed by atoms with Crippen LogP contribution in [-0.2, 0) is 6.54 Å². The van der Waals surface area contributed by atoms with Crippen LogP contribution in [0.3, 0.4) is 0 Å². The van der Waals surface area contributed by atoms with Gasteiger partial charge >= 0.3 is 0 Å². The first-order valence-corrected chi connectivity index (χ1v) is 7.93. The van der Waals surface area contributed by atoms with Crippen molar-refractivity contribution in [1.29, 1.82) is 0 Å². The molecule has 0 saturated carbocycles. The molecule has 0 fully saturated rings. The number of hydrogen-bond donors (Lipinski definition) is 1. The smallest absolute Gasteiger partial charge is 0.261 e. The number of hydrogen-bond acceptors (Lipinski definition) is 4. The first-order valence-electron chi connectivity index (χ1n) is 7.55. The summed E-state index contributed by atoms with van der Waals surface area (Å²) in [6.45, 7) is 2.17. The van der Waals surface area contributed by atoms with Gasteiger partial charge in [-0.3, -0.25) is 9.36 Å². The minimum atomic E-state index is -0.831. The quantitative estimate of drug-likeness (QED) is 0.773. The summed E-state index contributed by atoms with van der Waals surface area (Å²) >= 11 is 5.93. The molecule has 24 heavy (non-hydrogen) atoms. The molecule has 0 radical (unpaired) electrons. The van der Waals surface area contributed by atoms with Crippen molar-refractivity contribution in [2.24, 2.45) is 0 Å². The van der Waals surface area contributed by atoms with Crippen LogP contribution in [0.4, 0.5) is 0 Å². The van der Waals surface area contributed by atoms with E-state index < -0.39 is 6.10 Å². The van der Waals surface area contributed by atoms with Crippen LogP contribution in [0.2, 0.25) is 5.02 Å². The van der Waals surface area contributed by atoms with Crippen LogP contribution in [0.5, 0.6) is 5.75 Å². The van der Waals surface area contributed by atoms with Gasteiger partial charge in [0, 0.05) is 5.02 Å². The summed E-state index contributed by atoms with van der Waals surface area (Å²) in [5.74, 6) is 0.676. The molecule has 0 saturated heterocycles. The third kappa shape index (κ3) is 3.75. The molecule has 1 heterocycles. The van der Waals surface area contributed by atoms with Crippen molar-refractivity contribution in [3.63, 3.8) is 0 Å². The maximum atomic E-state index is 12.4. The Morgan fingerprint density at radius 2 is 2.00 bits per heavy atom. The van der Waals surface area contributed by atoms with E-state index in [9.17, 15) is 9.90 Å². The monoisotopic (exact) mass is 344 g/mol. The highest BCUT2D eigenvalue weighted by molar-refractivity contribution is 6.31. The van der Waals surface area contributed by atoms with E-state index >= 15 is 0 Å². The molecule has 1 aromatic heterocycles. The van der Waals surface area contributed by atoms with Gasteiger partial charge in [-0.05, 0) is 37.3 Å². The minimum absolute atomic E-state index is 0.0864. The Labute approximate surface area is 144 Å². The number of ether oxygens (including phenoxy) is 1. The predicted molar refractivity (Wildman–Crippen MR) is 93.7 cm³/mol. The van der Waals surface area contributed by atoms with E-state index in [4.69, 9.17) is 16.3 Å². The highest BCUT2D eigenvalue weighted by atomic mass is 35.5. The van der Waals surface area contributed by atoms with Crippen LogP contribution >= 0.6 is 11.6 Å². The summed E-state index contributed by atoms with van der Waals surface area (Å²) in [7, 11) is 0. The second kappa shape index (κ2) is 7.03.